The fraction of sp³-hybridized carbons (Fsp3) is 0.212. The number of para-hydroxylation sites is 1. The molecule has 1 aliphatic heterocycles. The van der Waals surface area contributed by atoms with Gasteiger partial charge in [0.05, 0.1) is 38.9 Å². The molecule has 0 saturated carbocycles. The van der Waals surface area contributed by atoms with Gasteiger partial charge in [-0.1, -0.05) is 54.1 Å². The highest BCUT2D eigenvalue weighted by Crippen LogP contribution is 2.27. The molecule has 1 fully saturated rings. The van der Waals surface area contributed by atoms with Crippen LogP contribution in [0.25, 0.3) is 27.7 Å². The van der Waals surface area contributed by atoms with E-state index in [1.165, 1.54) is 10.5 Å². The zero-order chi connectivity index (χ0) is 31.0. The van der Waals surface area contributed by atoms with Gasteiger partial charge in [0, 0.05) is 30.0 Å². The van der Waals surface area contributed by atoms with Crippen LogP contribution < -0.4 is 10.9 Å². The van der Waals surface area contributed by atoms with E-state index >= 15 is 0 Å². The highest BCUT2D eigenvalue weighted by Gasteiger charge is 2.28. The number of rotatable bonds is 7. The maximum absolute atomic E-state index is 13.8. The Morgan fingerprint density at radius 1 is 0.977 bits per heavy atom. The first-order valence-electron chi connectivity index (χ1n) is 14.3. The summed E-state index contributed by atoms with van der Waals surface area (Å²) in [5.41, 5.74) is 2.31. The third kappa shape index (κ3) is 5.52. The first kappa shape index (κ1) is 29.7. The van der Waals surface area contributed by atoms with Crippen molar-refractivity contribution in [3.8, 4) is 16.9 Å². The van der Waals surface area contributed by atoms with E-state index in [0.717, 1.165) is 12.8 Å². The van der Waals surface area contributed by atoms with Crippen LogP contribution in [0.5, 0.6) is 0 Å². The number of halogens is 1. The molecule has 44 heavy (non-hydrogen) atoms. The zero-order valence-corrected chi connectivity index (χ0v) is 25.8. The third-order valence-corrected chi connectivity index (χ3v) is 10.0. The fourth-order valence-electron chi connectivity index (χ4n) is 5.54. The summed E-state index contributed by atoms with van der Waals surface area (Å²) in [5.74, 6) is -0.483. The van der Waals surface area contributed by atoms with Gasteiger partial charge in [-0.15, -0.1) is 0 Å². The molecule has 5 aromatic rings. The van der Waals surface area contributed by atoms with E-state index in [4.69, 9.17) is 11.6 Å². The Balaban J connectivity index is 1.35. The molecule has 1 aliphatic rings. The zero-order valence-electron chi connectivity index (χ0n) is 24.2. The van der Waals surface area contributed by atoms with E-state index in [-0.39, 0.29) is 16.1 Å². The highest BCUT2D eigenvalue weighted by molar-refractivity contribution is 7.89. The molecule has 11 heteroatoms. The molecular formula is C33H30ClN5O4S. The predicted octanol–water partition coefficient (Wildman–Crippen LogP) is 5.69. The van der Waals surface area contributed by atoms with Crippen molar-refractivity contribution in [2.45, 2.75) is 37.6 Å². The van der Waals surface area contributed by atoms with Gasteiger partial charge in [-0.2, -0.15) is 4.31 Å². The van der Waals surface area contributed by atoms with Crippen molar-refractivity contribution in [3.63, 3.8) is 0 Å². The van der Waals surface area contributed by atoms with Crippen molar-refractivity contribution in [2.75, 3.05) is 13.1 Å². The number of hydrogen-bond donors (Lipinski definition) is 1. The summed E-state index contributed by atoms with van der Waals surface area (Å²) in [6, 6.07) is 22.2. The standard InChI is InChI=1S/C33H30ClN5O4S/c1-21(29-19-24-11-9-15-27(34)30(24)33(41)39(29)25-12-4-3-5-13-25)36-32(40)31-22(2)35-20-28(37-31)23-10-8-14-26(18-23)44(42,43)38-16-6-7-17-38/h3-5,8-15,18-21H,6-7,16-17H2,1-2H3,(H,36,40)/t21-/m0/s1. The van der Waals surface area contributed by atoms with Gasteiger partial charge < -0.3 is 5.32 Å². The van der Waals surface area contributed by atoms with Crippen molar-refractivity contribution in [3.05, 3.63) is 118 Å². The molecule has 2 aromatic heterocycles. The number of hydrogen-bond acceptors (Lipinski definition) is 6. The van der Waals surface area contributed by atoms with Gasteiger partial charge in [0.2, 0.25) is 10.0 Å². The van der Waals surface area contributed by atoms with E-state index < -0.39 is 22.0 Å². The van der Waals surface area contributed by atoms with Gasteiger partial charge in [0.1, 0.15) is 5.69 Å². The number of nitrogens with zero attached hydrogens (tertiary/aromatic N) is 4. The van der Waals surface area contributed by atoms with Crippen LogP contribution >= 0.6 is 11.6 Å². The number of carbonyl (C=O) groups excluding carboxylic acids is 1. The lowest BCUT2D eigenvalue weighted by atomic mass is 10.1. The summed E-state index contributed by atoms with van der Waals surface area (Å²) in [7, 11) is -3.63. The normalized spacial score (nSPS) is 14.5. The Morgan fingerprint density at radius 2 is 1.70 bits per heavy atom. The van der Waals surface area contributed by atoms with E-state index in [2.05, 4.69) is 15.3 Å². The van der Waals surface area contributed by atoms with E-state index in [1.54, 1.807) is 54.8 Å². The Bertz CT molecular complexity index is 2060. The minimum atomic E-state index is -3.63. The number of fused-ring (bicyclic) bond motifs is 1. The fourth-order valence-corrected chi connectivity index (χ4v) is 7.36. The lowest BCUT2D eigenvalue weighted by Crippen LogP contribution is -2.33. The Morgan fingerprint density at radius 3 is 2.45 bits per heavy atom. The molecule has 9 nitrogen and oxygen atoms in total. The number of sulfonamides is 1. The van der Waals surface area contributed by atoms with Crippen LogP contribution in [0.15, 0.2) is 94.7 Å². The number of amides is 1. The van der Waals surface area contributed by atoms with Gasteiger partial charge in [-0.25, -0.2) is 13.4 Å². The average Bonchev–Trinajstić information content (AvgIpc) is 3.58. The van der Waals surface area contributed by atoms with Crippen LogP contribution in [0, 0.1) is 6.92 Å². The predicted molar refractivity (Wildman–Crippen MR) is 171 cm³/mol. The van der Waals surface area contributed by atoms with Crippen LogP contribution in [-0.2, 0) is 10.0 Å². The summed E-state index contributed by atoms with van der Waals surface area (Å²) in [5, 5.41) is 4.38. The summed E-state index contributed by atoms with van der Waals surface area (Å²) in [6.45, 7) is 4.48. The molecule has 0 aliphatic carbocycles. The molecule has 224 valence electrons. The van der Waals surface area contributed by atoms with Crippen LogP contribution in [0.3, 0.4) is 0 Å². The lowest BCUT2D eigenvalue weighted by Gasteiger charge is -2.21. The van der Waals surface area contributed by atoms with E-state index in [1.807, 2.05) is 42.5 Å². The molecular weight excluding hydrogens is 598 g/mol. The van der Waals surface area contributed by atoms with Crippen LogP contribution in [0.2, 0.25) is 5.02 Å². The Labute approximate surface area is 260 Å². The minimum absolute atomic E-state index is 0.0968. The summed E-state index contributed by atoms with van der Waals surface area (Å²) >= 11 is 6.43. The number of carbonyl (C=O) groups is 1. The molecule has 0 bridgehead atoms. The molecule has 1 N–H and O–H groups in total. The van der Waals surface area contributed by atoms with Crippen LogP contribution in [0.4, 0.5) is 0 Å². The smallest absolute Gasteiger partial charge is 0.272 e. The van der Waals surface area contributed by atoms with E-state index in [0.29, 0.717) is 57.2 Å². The van der Waals surface area contributed by atoms with Gasteiger partial charge in [0.25, 0.3) is 11.5 Å². The van der Waals surface area contributed by atoms with E-state index in [9.17, 15) is 18.0 Å². The number of benzene rings is 3. The molecule has 0 unspecified atom stereocenters. The Kier molecular flexibility index (Phi) is 8.06. The van der Waals surface area contributed by atoms with Crippen molar-refractivity contribution in [1.82, 2.24) is 24.2 Å². The molecule has 3 aromatic carbocycles. The van der Waals surface area contributed by atoms with Crippen molar-refractivity contribution in [1.29, 1.82) is 0 Å². The van der Waals surface area contributed by atoms with Crippen LogP contribution in [0.1, 0.15) is 47.7 Å². The molecule has 1 amide bonds. The number of aryl methyl sites for hydroxylation is 1. The first-order chi connectivity index (χ1) is 21.1. The molecule has 1 atom stereocenters. The third-order valence-electron chi connectivity index (χ3n) is 7.83. The number of aromatic nitrogens is 3. The minimum Gasteiger partial charge on any atom is -0.343 e. The van der Waals surface area contributed by atoms with Crippen molar-refractivity contribution < 1.29 is 13.2 Å². The molecule has 1 saturated heterocycles. The van der Waals surface area contributed by atoms with Gasteiger partial charge in [0.15, 0.2) is 0 Å². The summed E-state index contributed by atoms with van der Waals surface area (Å²) < 4.78 is 29.3. The second kappa shape index (κ2) is 12.0. The molecule has 3 heterocycles. The summed E-state index contributed by atoms with van der Waals surface area (Å²) in [6.07, 6.45) is 3.21. The quantitative estimate of drug-likeness (QED) is 0.248. The second-order valence-electron chi connectivity index (χ2n) is 10.8. The van der Waals surface area contributed by atoms with Gasteiger partial charge in [-0.05, 0) is 68.5 Å². The lowest BCUT2D eigenvalue weighted by molar-refractivity contribution is 0.0932. The van der Waals surface area contributed by atoms with Crippen LogP contribution in [-0.4, -0.2) is 46.3 Å². The van der Waals surface area contributed by atoms with Gasteiger partial charge >= 0.3 is 0 Å². The maximum Gasteiger partial charge on any atom is 0.272 e. The monoisotopic (exact) mass is 627 g/mol. The van der Waals surface area contributed by atoms with Crippen molar-refractivity contribution in [2.24, 2.45) is 0 Å². The SMILES string of the molecule is Cc1ncc(-c2cccc(S(=O)(=O)N3CCCC3)c2)nc1C(=O)N[C@@H](C)c1cc2cccc(Cl)c2c(=O)n1-c1ccccc1. The summed E-state index contributed by atoms with van der Waals surface area (Å²) in [4.78, 5) is 36.6. The molecule has 6 rings (SSSR count). The molecule has 0 spiro atoms. The topological polar surface area (TPSA) is 114 Å². The first-order valence-corrected chi connectivity index (χ1v) is 16.1. The average molecular weight is 628 g/mol. The second-order valence-corrected chi connectivity index (χ2v) is 13.1. The largest absolute Gasteiger partial charge is 0.343 e. The highest BCUT2D eigenvalue weighted by atomic mass is 35.5. The maximum atomic E-state index is 13.8. The number of pyridine rings is 1. The number of nitrogens with one attached hydrogen (secondary N) is 1. The molecule has 0 radical (unpaired) electrons. The van der Waals surface area contributed by atoms with Gasteiger partial charge in [-0.3, -0.25) is 19.1 Å². The van der Waals surface area contributed by atoms with Crippen molar-refractivity contribution >= 4 is 38.3 Å². The Hall–Kier alpha value is -4.38.